The van der Waals surface area contributed by atoms with Gasteiger partial charge in [0.15, 0.2) is 0 Å². The summed E-state index contributed by atoms with van der Waals surface area (Å²) in [6.07, 6.45) is 3.18. The van der Waals surface area contributed by atoms with Crippen LogP contribution in [-0.2, 0) is 6.18 Å². The molecule has 0 aliphatic heterocycles. The molecular weight excluding hydrogens is 439 g/mol. The van der Waals surface area contributed by atoms with E-state index in [4.69, 9.17) is 0 Å². The van der Waals surface area contributed by atoms with Gasteiger partial charge in [-0.1, -0.05) is 37.3 Å². The van der Waals surface area contributed by atoms with Gasteiger partial charge in [0, 0.05) is 39.8 Å². The monoisotopic (exact) mass is 464 g/mol. The molecular formula is C23H25F3N3O2S+. The predicted octanol–water partition coefficient (Wildman–Crippen LogP) is 5.64. The average Bonchev–Trinajstić information content (AvgIpc) is 2.76. The number of nitrogens with zero attached hydrogens (tertiary/aromatic N) is 1. The van der Waals surface area contributed by atoms with Gasteiger partial charge in [-0.2, -0.15) is 13.2 Å². The third kappa shape index (κ3) is 6.98. The summed E-state index contributed by atoms with van der Waals surface area (Å²) in [5, 5.41) is 5.27. The lowest BCUT2D eigenvalue weighted by atomic mass is 10.1. The van der Waals surface area contributed by atoms with Crippen molar-refractivity contribution < 1.29 is 23.1 Å². The van der Waals surface area contributed by atoms with Crippen molar-refractivity contribution in [2.45, 2.75) is 37.8 Å². The first kappa shape index (κ1) is 25.2. The summed E-state index contributed by atoms with van der Waals surface area (Å²) in [5.41, 5.74) is -0.158. The fourth-order valence-electron chi connectivity index (χ4n) is 2.74. The Balaban J connectivity index is 2.35. The number of amides is 1. The molecule has 0 aliphatic rings. The number of unbranched alkanes of at least 4 members (excludes halogenated alkanes) is 1. The lowest BCUT2D eigenvalue weighted by molar-refractivity contribution is -0.379. The van der Waals surface area contributed by atoms with Crippen molar-refractivity contribution in [3.63, 3.8) is 0 Å². The van der Waals surface area contributed by atoms with Crippen LogP contribution in [0.15, 0.2) is 70.7 Å². The quantitative estimate of drug-likeness (QED) is 0.472. The molecule has 2 aromatic carbocycles. The summed E-state index contributed by atoms with van der Waals surface area (Å²) < 4.78 is 38.3. The average molecular weight is 465 g/mol. The van der Waals surface area contributed by atoms with Crippen LogP contribution in [0.3, 0.4) is 0 Å². The molecule has 2 rings (SSSR count). The standard InChI is InChI=1S/C23H24F3N3O2S/c1-4-6-7-21(29(3)14-5-2)32-20-13-12-18(28-31)15-19(20)22(30)27-17-10-8-16(9-11-17)23(24,25)26/h5,7-15H,4,6H2,1-3H3,(H,27,30)/p+1/b14-5-,21-7-. The minimum Gasteiger partial charge on any atom is -0.346 e. The second-order valence-electron chi connectivity index (χ2n) is 6.87. The summed E-state index contributed by atoms with van der Waals surface area (Å²) >= 11 is 1.36. The molecule has 0 fully saturated rings. The zero-order valence-electron chi connectivity index (χ0n) is 18.0. The second-order valence-corrected chi connectivity index (χ2v) is 7.93. The van der Waals surface area contributed by atoms with Gasteiger partial charge in [-0.15, -0.1) is 0 Å². The summed E-state index contributed by atoms with van der Waals surface area (Å²) in [6, 6.07) is 8.83. The number of allylic oxidation sites excluding steroid dienone is 2. The van der Waals surface area contributed by atoms with Crippen LogP contribution in [-0.4, -0.2) is 17.9 Å². The number of carbonyl (C=O) groups excluding carboxylic acids is 1. The minimum atomic E-state index is -4.46. The van der Waals surface area contributed by atoms with Crippen molar-refractivity contribution in [3.05, 3.63) is 81.9 Å². The fourth-order valence-corrected chi connectivity index (χ4v) is 3.77. The Bertz CT molecular complexity index is 1000. The Labute approximate surface area is 189 Å². The highest BCUT2D eigenvalue weighted by Crippen LogP contribution is 2.34. The number of anilines is 1. The Morgan fingerprint density at radius 1 is 1.19 bits per heavy atom. The van der Waals surface area contributed by atoms with Crippen molar-refractivity contribution in [3.8, 4) is 0 Å². The molecule has 0 saturated carbocycles. The van der Waals surface area contributed by atoms with E-state index in [1.807, 2.05) is 31.1 Å². The number of benzene rings is 2. The summed E-state index contributed by atoms with van der Waals surface area (Å²) in [7, 11) is 1.89. The van der Waals surface area contributed by atoms with Gasteiger partial charge in [0.2, 0.25) is 0 Å². The topological polar surface area (TPSA) is 63.4 Å². The van der Waals surface area contributed by atoms with Gasteiger partial charge in [-0.25, -0.2) is 0 Å². The number of thioether (sulfide) groups is 1. The van der Waals surface area contributed by atoms with Gasteiger partial charge in [0.05, 0.1) is 16.2 Å². The van der Waals surface area contributed by atoms with Crippen molar-refractivity contribution >= 4 is 29.0 Å². The van der Waals surface area contributed by atoms with Crippen LogP contribution in [0.4, 0.5) is 24.5 Å². The van der Waals surface area contributed by atoms with Crippen LogP contribution >= 0.6 is 11.8 Å². The maximum absolute atomic E-state index is 13.0. The zero-order chi connectivity index (χ0) is 23.7. The molecule has 0 atom stereocenters. The molecule has 0 aromatic heterocycles. The summed E-state index contributed by atoms with van der Waals surface area (Å²) in [6.45, 7) is 3.96. The first-order chi connectivity index (χ1) is 15.2. The molecule has 0 radical (unpaired) electrons. The van der Waals surface area contributed by atoms with Gasteiger partial charge in [0.1, 0.15) is 0 Å². The number of nitroso groups, excluding NO2 is 1. The minimum absolute atomic E-state index is 0.202. The van der Waals surface area contributed by atoms with Crippen molar-refractivity contribution in [2.75, 3.05) is 12.4 Å². The molecule has 0 heterocycles. The normalized spacial score (nSPS) is 12.1. The zero-order valence-corrected chi connectivity index (χ0v) is 18.8. The van der Waals surface area contributed by atoms with E-state index in [1.165, 1.54) is 30.0 Å². The highest BCUT2D eigenvalue weighted by molar-refractivity contribution is 8.03. The summed E-state index contributed by atoms with van der Waals surface area (Å²) in [4.78, 5) is 26.6. The number of halogens is 3. The second kappa shape index (κ2) is 11.5. The van der Waals surface area contributed by atoms with Gasteiger partial charge in [-0.3, -0.25) is 4.79 Å². The van der Waals surface area contributed by atoms with E-state index in [0.717, 1.165) is 30.0 Å². The van der Waals surface area contributed by atoms with Gasteiger partial charge in [0.25, 0.3) is 11.6 Å². The van der Waals surface area contributed by atoms with Gasteiger partial charge >= 0.3 is 6.18 Å². The number of hydrogen-bond donors (Lipinski definition) is 2. The molecule has 0 unspecified atom stereocenters. The van der Waals surface area contributed by atoms with E-state index >= 15 is 0 Å². The first-order valence-corrected chi connectivity index (χ1v) is 10.8. The fraction of sp³-hybridized carbons (Fsp3) is 0.261. The number of nitrogens with one attached hydrogen (secondary N) is 2. The summed E-state index contributed by atoms with van der Waals surface area (Å²) in [5.74, 6) is -0.534. The van der Waals surface area contributed by atoms with Crippen LogP contribution in [0.5, 0.6) is 0 Å². The van der Waals surface area contributed by atoms with Gasteiger partial charge in [-0.05, 0) is 49.9 Å². The lowest BCUT2D eigenvalue weighted by Gasteiger charge is -2.19. The van der Waals surface area contributed by atoms with Crippen LogP contribution in [0.2, 0.25) is 0 Å². The molecule has 0 aliphatic carbocycles. The van der Waals surface area contributed by atoms with Crippen molar-refractivity contribution in [1.29, 1.82) is 0 Å². The van der Waals surface area contributed by atoms with E-state index in [0.29, 0.717) is 4.90 Å². The molecule has 32 heavy (non-hydrogen) atoms. The molecule has 1 amide bonds. The molecule has 2 N–H and O–H groups in total. The number of hydrogen-bond acceptors (Lipinski definition) is 4. The van der Waals surface area contributed by atoms with Gasteiger partial charge < -0.3 is 10.2 Å². The van der Waals surface area contributed by atoms with E-state index in [9.17, 15) is 22.9 Å². The Morgan fingerprint density at radius 3 is 2.44 bits per heavy atom. The number of rotatable bonds is 9. The Morgan fingerprint density at radius 2 is 1.88 bits per heavy atom. The van der Waals surface area contributed by atoms with Crippen LogP contribution in [0.25, 0.3) is 0 Å². The number of carbonyl (C=O) groups is 1. The highest BCUT2D eigenvalue weighted by Gasteiger charge is 2.30. The van der Waals surface area contributed by atoms with Crippen molar-refractivity contribution in [1.82, 2.24) is 4.90 Å². The predicted molar refractivity (Wildman–Crippen MR) is 121 cm³/mol. The smallest absolute Gasteiger partial charge is 0.346 e. The van der Waals surface area contributed by atoms with E-state index in [-0.39, 0.29) is 16.9 Å². The van der Waals surface area contributed by atoms with E-state index < -0.39 is 17.6 Å². The molecule has 9 heteroatoms. The molecule has 170 valence electrons. The lowest BCUT2D eigenvalue weighted by Crippen LogP contribution is -2.55. The van der Waals surface area contributed by atoms with E-state index in [1.54, 1.807) is 17.3 Å². The van der Waals surface area contributed by atoms with Crippen LogP contribution in [0, 0.1) is 4.91 Å². The SMILES string of the molecule is C/C=C\N(C)/C(=C/CCC)Sc1ccc([NH+]=O)cc1C(=O)Nc1ccc(C(F)(F)F)cc1. The molecule has 0 bridgehead atoms. The third-order valence-corrected chi connectivity index (χ3v) is 5.59. The molecule has 5 nitrogen and oxygen atoms in total. The number of alkyl halides is 3. The molecule has 0 saturated heterocycles. The Hall–Kier alpha value is -3.07. The Kier molecular flexibility index (Phi) is 9.07. The maximum Gasteiger partial charge on any atom is 0.416 e. The van der Waals surface area contributed by atoms with E-state index in [2.05, 4.69) is 18.3 Å². The third-order valence-electron chi connectivity index (χ3n) is 4.35. The van der Waals surface area contributed by atoms with Crippen LogP contribution in [0.1, 0.15) is 42.6 Å². The van der Waals surface area contributed by atoms with Crippen molar-refractivity contribution in [2.24, 2.45) is 0 Å². The van der Waals surface area contributed by atoms with Crippen LogP contribution < -0.4 is 10.5 Å². The highest BCUT2D eigenvalue weighted by atomic mass is 32.2. The molecule has 2 aromatic rings. The largest absolute Gasteiger partial charge is 0.416 e. The maximum atomic E-state index is 13.0. The first-order valence-electron chi connectivity index (χ1n) is 9.94. The molecule has 0 spiro atoms.